The molecular weight excluding hydrogens is 471 g/mol. The maximum Gasteiger partial charge on any atom is 0.252 e. The summed E-state index contributed by atoms with van der Waals surface area (Å²) in [5, 5.41) is 14.6. The molecule has 2 aromatic heterocycles. The van der Waals surface area contributed by atoms with Crippen LogP contribution < -0.4 is 10.6 Å². The first-order valence-electron chi connectivity index (χ1n) is 11.1. The number of halogens is 2. The predicted molar refractivity (Wildman–Crippen MR) is 133 cm³/mol. The number of fused-ring (bicyclic) bond motifs is 4. The molecule has 176 valence electrons. The van der Waals surface area contributed by atoms with Gasteiger partial charge in [0.2, 0.25) is 5.91 Å². The van der Waals surface area contributed by atoms with E-state index < -0.39 is 11.4 Å². The Balaban J connectivity index is 1.52. The summed E-state index contributed by atoms with van der Waals surface area (Å²) in [5.74, 6) is -1.07. The minimum atomic E-state index is -1.04. The van der Waals surface area contributed by atoms with E-state index in [4.69, 9.17) is 11.6 Å². The van der Waals surface area contributed by atoms with Gasteiger partial charge in [-0.3, -0.25) is 19.7 Å². The van der Waals surface area contributed by atoms with E-state index in [0.717, 1.165) is 16.5 Å². The number of pyridine rings is 1. The Hall–Kier alpha value is -3.98. The zero-order valence-corrected chi connectivity index (χ0v) is 19.5. The number of H-pyrrole nitrogens is 1. The smallest absolute Gasteiger partial charge is 0.252 e. The van der Waals surface area contributed by atoms with E-state index in [1.54, 1.807) is 17.2 Å². The van der Waals surface area contributed by atoms with Gasteiger partial charge in [0, 0.05) is 28.4 Å². The fraction of sp³-hybridized carbons (Fsp3) is 0.200. The van der Waals surface area contributed by atoms with Crippen LogP contribution in [-0.4, -0.2) is 50.5 Å². The number of carbonyl (C=O) groups excluding carboxylic acids is 2. The van der Waals surface area contributed by atoms with E-state index in [9.17, 15) is 9.59 Å². The molecule has 3 N–H and O–H groups in total. The van der Waals surface area contributed by atoms with Gasteiger partial charge >= 0.3 is 0 Å². The monoisotopic (exact) mass is 490 g/mol. The predicted octanol–water partition coefficient (Wildman–Crippen LogP) is 4.40. The third kappa shape index (κ3) is 3.04. The highest BCUT2D eigenvalue weighted by Gasteiger charge is 2.48. The summed E-state index contributed by atoms with van der Waals surface area (Å²) in [7, 11) is 0. The summed E-state index contributed by atoms with van der Waals surface area (Å²) in [6.07, 6.45) is 4.71. The molecule has 8 nitrogen and oxygen atoms in total. The van der Waals surface area contributed by atoms with Crippen molar-refractivity contribution in [1.82, 2.24) is 20.1 Å². The topological polar surface area (TPSA) is 103 Å². The Morgan fingerprint density at radius 2 is 2.11 bits per heavy atom. The van der Waals surface area contributed by atoms with Crippen molar-refractivity contribution in [2.75, 3.05) is 23.7 Å². The lowest BCUT2D eigenvalue weighted by Gasteiger charge is -2.36. The fourth-order valence-electron chi connectivity index (χ4n) is 5.13. The minimum Gasteiger partial charge on any atom is -0.367 e. The lowest BCUT2D eigenvalue weighted by molar-refractivity contribution is -0.125. The second kappa shape index (κ2) is 7.51. The number of likely N-dealkylation sites (tertiary alicyclic amines) is 1. The molecule has 0 radical (unpaired) electrons. The number of carbonyl (C=O) groups is 2. The lowest BCUT2D eigenvalue weighted by atomic mass is 9.92. The van der Waals surface area contributed by atoms with E-state index >= 15 is 4.39 Å². The van der Waals surface area contributed by atoms with Gasteiger partial charge in [0.05, 0.1) is 40.9 Å². The van der Waals surface area contributed by atoms with Crippen molar-refractivity contribution in [3.63, 3.8) is 0 Å². The van der Waals surface area contributed by atoms with Gasteiger partial charge in [-0.1, -0.05) is 24.2 Å². The maximum absolute atomic E-state index is 16.1. The van der Waals surface area contributed by atoms with Crippen molar-refractivity contribution in [2.45, 2.75) is 18.9 Å². The number of amides is 2. The Morgan fingerprint density at radius 1 is 1.29 bits per heavy atom. The van der Waals surface area contributed by atoms with E-state index in [1.165, 1.54) is 12.3 Å². The SMILES string of the molecule is C=CC(=O)N1CCC2(C1)Nc1c(cnc3c(F)c(-c4c(C)ccc5[nH]ncc45)c(Cl)cc13)NC2=O. The molecular formula is C25H20ClFN6O2. The van der Waals surface area contributed by atoms with Gasteiger partial charge in [-0.2, -0.15) is 5.10 Å². The Kier molecular flexibility index (Phi) is 4.62. The van der Waals surface area contributed by atoms with Crippen LogP contribution in [0.1, 0.15) is 12.0 Å². The molecule has 0 saturated carbocycles. The van der Waals surface area contributed by atoms with Crippen molar-refractivity contribution >= 4 is 56.6 Å². The molecule has 1 atom stereocenters. The molecule has 1 spiro atoms. The molecule has 2 aliphatic rings. The van der Waals surface area contributed by atoms with E-state index in [1.807, 2.05) is 19.1 Å². The van der Waals surface area contributed by atoms with Crippen LogP contribution in [0.25, 0.3) is 32.9 Å². The second-order valence-electron chi connectivity index (χ2n) is 8.95. The highest BCUT2D eigenvalue weighted by atomic mass is 35.5. The number of hydrogen-bond acceptors (Lipinski definition) is 5. The minimum absolute atomic E-state index is 0.124. The molecule has 4 aromatic rings. The van der Waals surface area contributed by atoms with Crippen LogP contribution in [0.3, 0.4) is 0 Å². The average Bonchev–Trinajstić information content (AvgIpc) is 3.49. The highest BCUT2D eigenvalue weighted by Crippen LogP contribution is 2.45. The van der Waals surface area contributed by atoms with Gasteiger partial charge in [-0.25, -0.2) is 4.39 Å². The van der Waals surface area contributed by atoms with Crippen molar-refractivity contribution in [2.24, 2.45) is 0 Å². The lowest BCUT2D eigenvalue weighted by Crippen LogP contribution is -2.54. The molecule has 4 heterocycles. The summed E-state index contributed by atoms with van der Waals surface area (Å²) in [4.78, 5) is 31.0. The number of anilines is 2. The number of nitrogens with zero attached hydrogens (tertiary/aromatic N) is 3. The van der Waals surface area contributed by atoms with Gasteiger partial charge in [0.15, 0.2) is 5.82 Å². The van der Waals surface area contributed by atoms with E-state index in [0.29, 0.717) is 35.3 Å². The number of benzene rings is 2. The molecule has 2 aliphatic heterocycles. The molecule has 1 saturated heterocycles. The Morgan fingerprint density at radius 3 is 2.91 bits per heavy atom. The van der Waals surface area contributed by atoms with Gasteiger partial charge in [-0.15, -0.1) is 0 Å². The zero-order valence-electron chi connectivity index (χ0n) is 18.7. The highest BCUT2D eigenvalue weighted by molar-refractivity contribution is 6.35. The van der Waals surface area contributed by atoms with Crippen LogP contribution in [0.5, 0.6) is 0 Å². The molecule has 10 heteroatoms. The number of aromatic amines is 1. The first-order valence-corrected chi connectivity index (χ1v) is 11.5. The van der Waals surface area contributed by atoms with Crippen LogP contribution in [0.15, 0.2) is 43.2 Å². The number of rotatable bonds is 2. The van der Waals surface area contributed by atoms with Crippen molar-refractivity contribution < 1.29 is 14.0 Å². The van der Waals surface area contributed by atoms with Crippen LogP contribution in [0.2, 0.25) is 5.02 Å². The van der Waals surface area contributed by atoms with Crippen molar-refractivity contribution in [3.05, 3.63) is 59.7 Å². The summed E-state index contributed by atoms with van der Waals surface area (Å²) >= 11 is 6.71. The first-order chi connectivity index (χ1) is 16.8. The van der Waals surface area contributed by atoms with Crippen LogP contribution >= 0.6 is 11.6 Å². The Labute approximate surface area is 204 Å². The number of aromatic nitrogens is 3. The molecule has 2 amide bonds. The van der Waals surface area contributed by atoms with Crippen molar-refractivity contribution in [3.8, 4) is 11.1 Å². The largest absolute Gasteiger partial charge is 0.367 e. The maximum atomic E-state index is 16.1. The molecule has 1 fully saturated rings. The quantitative estimate of drug-likeness (QED) is 0.361. The van der Waals surface area contributed by atoms with Crippen LogP contribution in [0, 0.1) is 12.7 Å². The number of hydrogen-bond donors (Lipinski definition) is 3. The fourth-order valence-corrected chi connectivity index (χ4v) is 5.42. The third-order valence-corrected chi connectivity index (χ3v) is 7.24. The summed E-state index contributed by atoms with van der Waals surface area (Å²) in [6.45, 7) is 5.98. The van der Waals surface area contributed by atoms with Crippen LogP contribution in [-0.2, 0) is 9.59 Å². The number of nitrogens with one attached hydrogen (secondary N) is 3. The first kappa shape index (κ1) is 21.5. The molecule has 0 aliphatic carbocycles. The Bertz CT molecular complexity index is 1600. The van der Waals surface area contributed by atoms with E-state index in [-0.39, 0.29) is 34.5 Å². The normalized spacial score (nSPS) is 19.2. The van der Waals surface area contributed by atoms with Crippen molar-refractivity contribution in [1.29, 1.82) is 0 Å². The van der Waals surface area contributed by atoms with Gasteiger partial charge in [0.1, 0.15) is 11.1 Å². The molecule has 2 aromatic carbocycles. The zero-order chi connectivity index (χ0) is 24.5. The van der Waals surface area contributed by atoms with Crippen LogP contribution in [0.4, 0.5) is 15.8 Å². The molecule has 6 rings (SSSR count). The number of aryl methyl sites for hydroxylation is 1. The summed E-state index contributed by atoms with van der Waals surface area (Å²) < 4.78 is 16.1. The molecule has 35 heavy (non-hydrogen) atoms. The van der Waals surface area contributed by atoms with Gasteiger partial charge in [-0.05, 0) is 37.1 Å². The third-order valence-electron chi connectivity index (χ3n) is 6.94. The summed E-state index contributed by atoms with van der Waals surface area (Å²) in [6, 6.07) is 5.43. The second-order valence-corrected chi connectivity index (χ2v) is 9.36. The van der Waals surface area contributed by atoms with Gasteiger partial charge < -0.3 is 15.5 Å². The average molecular weight is 491 g/mol. The summed E-state index contributed by atoms with van der Waals surface area (Å²) in [5.41, 5.74) is 2.54. The standard InChI is InChI=1S/C25H20ClFN6O2/c1-3-18(34)33-7-6-25(11-33)24(35)30-17-10-28-23-13(22(17)31-25)8-15(26)20(21(23)27)19-12(2)4-5-16-14(19)9-29-32-16/h3-5,8-10,31H,1,6-7,11H2,2H3,(H,29,32)(H,30,35). The van der Waals surface area contributed by atoms with Gasteiger partial charge in [0.25, 0.3) is 5.91 Å². The molecule has 1 unspecified atom stereocenters. The molecule has 0 bridgehead atoms. The van der Waals surface area contributed by atoms with E-state index in [2.05, 4.69) is 32.4 Å².